The molecule has 2 aromatic rings. The highest BCUT2D eigenvalue weighted by Gasteiger charge is 2.43. The fourth-order valence-electron chi connectivity index (χ4n) is 3.26. The van der Waals surface area contributed by atoms with Gasteiger partial charge in [-0.05, 0) is 30.2 Å². The zero-order valence-electron chi connectivity index (χ0n) is 15.1. The SMILES string of the molecule is Cc1cccc(OC2(C(=O)O)CCN(CC=Cc3ccccc3)CC2)c1. The van der Waals surface area contributed by atoms with Gasteiger partial charge in [-0.15, -0.1) is 0 Å². The molecule has 0 atom stereocenters. The van der Waals surface area contributed by atoms with E-state index in [1.165, 1.54) is 5.56 Å². The molecule has 136 valence electrons. The smallest absolute Gasteiger partial charge is 0.348 e. The number of aliphatic carboxylic acids is 1. The van der Waals surface area contributed by atoms with Gasteiger partial charge in [-0.3, -0.25) is 4.90 Å². The average molecular weight is 351 g/mol. The van der Waals surface area contributed by atoms with Gasteiger partial charge in [-0.25, -0.2) is 4.79 Å². The number of hydrogen-bond donors (Lipinski definition) is 1. The van der Waals surface area contributed by atoms with Gasteiger partial charge in [-0.2, -0.15) is 0 Å². The lowest BCUT2D eigenvalue weighted by Crippen LogP contribution is -2.53. The summed E-state index contributed by atoms with van der Waals surface area (Å²) in [4.78, 5) is 14.2. The summed E-state index contributed by atoms with van der Waals surface area (Å²) in [5.74, 6) is -0.247. The molecule has 1 aliphatic heterocycles. The molecule has 0 bridgehead atoms. The molecule has 3 rings (SSSR count). The lowest BCUT2D eigenvalue weighted by Gasteiger charge is -2.38. The highest BCUT2D eigenvalue weighted by molar-refractivity contribution is 5.78. The third-order valence-corrected chi connectivity index (χ3v) is 4.83. The van der Waals surface area contributed by atoms with Crippen LogP contribution in [0.1, 0.15) is 24.0 Å². The molecule has 1 fully saturated rings. The van der Waals surface area contributed by atoms with E-state index in [-0.39, 0.29) is 0 Å². The first-order chi connectivity index (χ1) is 12.6. The van der Waals surface area contributed by atoms with E-state index >= 15 is 0 Å². The number of rotatable bonds is 6. The van der Waals surface area contributed by atoms with Crippen molar-refractivity contribution in [2.24, 2.45) is 0 Å². The molecule has 1 saturated heterocycles. The Morgan fingerprint density at radius 3 is 2.54 bits per heavy atom. The number of piperidine rings is 1. The summed E-state index contributed by atoms with van der Waals surface area (Å²) in [5, 5.41) is 9.77. The van der Waals surface area contributed by atoms with Gasteiger partial charge in [0.25, 0.3) is 0 Å². The molecule has 4 heteroatoms. The molecule has 26 heavy (non-hydrogen) atoms. The Hall–Kier alpha value is -2.59. The van der Waals surface area contributed by atoms with Crippen molar-refractivity contribution in [3.8, 4) is 5.75 Å². The molecule has 0 amide bonds. The van der Waals surface area contributed by atoms with Gasteiger partial charge in [0.2, 0.25) is 5.60 Å². The third kappa shape index (κ3) is 4.52. The molecular formula is C22H25NO3. The zero-order valence-corrected chi connectivity index (χ0v) is 15.1. The molecule has 1 heterocycles. The van der Waals surface area contributed by atoms with Crippen molar-refractivity contribution >= 4 is 12.0 Å². The van der Waals surface area contributed by atoms with Crippen LogP contribution in [0.4, 0.5) is 0 Å². The summed E-state index contributed by atoms with van der Waals surface area (Å²) in [6.45, 7) is 4.20. The van der Waals surface area contributed by atoms with Gasteiger partial charge in [0.05, 0.1) is 0 Å². The number of carboxylic acid groups (broad SMARTS) is 1. The van der Waals surface area contributed by atoms with E-state index in [9.17, 15) is 9.90 Å². The van der Waals surface area contributed by atoms with Gasteiger partial charge in [-0.1, -0.05) is 54.6 Å². The maximum absolute atomic E-state index is 11.9. The van der Waals surface area contributed by atoms with E-state index in [1.807, 2.05) is 49.4 Å². The molecule has 1 N–H and O–H groups in total. The Labute approximate surface area is 154 Å². The molecule has 2 aromatic carbocycles. The third-order valence-electron chi connectivity index (χ3n) is 4.83. The molecule has 0 unspecified atom stereocenters. The molecule has 1 aliphatic rings. The highest BCUT2D eigenvalue weighted by Crippen LogP contribution is 2.29. The minimum Gasteiger partial charge on any atom is -0.478 e. The second kappa shape index (κ2) is 8.19. The minimum atomic E-state index is -1.13. The second-order valence-electron chi connectivity index (χ2n) is 6.83. The van der Waals surface area contributed by atoms with Crippen LogP contribution in [0, 0.1) is 6.92 Å². The summed E-state index contributed by atoms with van der Waals surface area (Å²) in [6, 6.07) is 17.8. The fourth-order valence-corrected chi connectivity index (χ4v) is 3.26. The zero-order chi connectivity index (χ0) is 18.4. The van der Waals surface area contributed by atoms with Crippen molar-refractivity contribution in [3.05, 3.63) is 71.8 Å². The van der Waals surface area contributed by atoms with Crippen molar-refractivity contribution in [3.63, 3.8) is 0 Å². The Morgan fingerprint density at radius 2 is 1.88 bits per heavy atom. The van der Waals surface area contributed by atoms with E-state index in [0.29, 0.717) is 31.7 Å². The molecule has 4 nitrogen and oxygen atoms in total. The van der Waals surface area contributed by atoms with E-state index in [0.717, 1.165) is 12.1 Å². The molecule has 0 aliphatic carbocycles. The van der Waals surface area contributed by atoms with E-state index in [1.54, 1.807) is 0 Å². The Balaban J connectivity index is 1.59. The molecule has 0 radical (unpaired) electrons. The largest absolute Gasteiger partial charge is 0.478 e. The number of ether oxygens (including phenoxy) is 1. The minimum absolute atomic E-state index is 0.482. The maximum atomic E-state index is 11.9. The number of hydrogen-bond acceptors (Lipinski definition) is 3. The normalized spacial score (nSPS) is 17.3. The lowest BCUT2D eigenvalue weighted by atomic mass is 9.91. The van der Waals surface area contributed by atoms with Crippen LogP contribution in [-0.4, -0.2) is 41.2 Å². The van der Waals surface area contributed by atoms with Crippen molar-refractivity contribution < 1.29 is 14.6 Å². The predicted octanol–water partition coefficient (Wildman–Crippen LogP) is 4.01. The Bertz CT molecular complexity index is 762. The van der Waals surface area contributed by atoms with Crippen LogP contribution in [-0.2, 0) is 4.79 Å². The Morgan fingerprint density at radius 1 is 1.15 bits per heavy atom. The number of carbonyl (C=O) groups is 1. The number of carboxylic acids is 1. The topological polar surface area (TPSA) is 49.8 Å². The van der Waals surface area contributed by atoms with Crippen LogP contribution in [0.5, 0.6) is 5.75 Å². The standard InChI is InChI=1S/C22H25NO3/c1-18-7-5-11-20(17-18)26-22(21(24)25)12-15-23(16-13-22)14-6-10-19-8-3-2-4-9-19/h2-11,17H,12-16H2,1H3,(H,24,25). The summed E-state index contributed by atoms with van der Waals surface area (Å²) >= 11 is 0. The van der Waals surface area contributed by atoms with Crippen molar-refractivity contribution in [1.29, 1.82) is 0 Å². The van der Waals surface area contributed by atoms with Crippen molar-refractivity contribution in [2.45, 2.75) is 25.4 Å². The van der Waals surface area contributed by atoms with E-state index in [2.05, 4.69) is 29.2 Å². The number of aryl methyl sites for hydroxylation is 1. The summed E-state index contributed by atoms with van der Waals surface area (Å²) < 4.78 is 5.96. The summed E-state index contributed by atoms with van der Waals surface area (Å²) in [5.41, 5.74) is 1.10. The summed E-state index contributed by atoms with van der Waals surface area (Å²) in [6.07, 6.45) is 5.19. The number of nitrogens with zero attached hydrogens (tertiary/aromatic N) is 1. The van der Waals surface area contributed by atoms with Crippen LogP contribution in [0.25, 0.3) is 6.08 Å². The lowest BCUT2D eigenvalue weighted by molar-refractivity contribution is -0.159. The van der Waals surface area contributed by atoms with Crippen LogP contribution in [0.2, 0.25) is 0 Å². The van der Waals surface area contributed by atoms with Crippen molar-refractivity contribution in [1.82, 2.24) is 4.90 Å². The molecule has 0 saturated carbocycles. The maximum Gasteiger partial charge on any atom is 0.348 e. The van der Waals surface area contributed by atoms with Gasteiger partial charge in [0.15, 0.2) is 0 Å². The molecule has 0 spiro atoms. The predicted molar refractivity (Wildman–Crippen MR) is 103 cm³/mol. The van der Waals surface area contributed by atoms with Gasteiger partial charge < -0.3 is 9.84 Å². The van der Waals surface area contributed by atoms with Crippen LogP contribution in [0.15, 0.2) is 60.7 Å². The second-order valence-corrected chi connectivity index (χ2v) is 6.83. The fraction of sp³-hybridized carbons (Fsp3) is 0.318. The van der Waals surface area contributed by atoms with Crippen LogP contribution >= 0.6 is 0 Å². The molecular weight excluding hydrogens is 326 g/mol. The van der Waals surface area contributed by atoms with Gasteiger partial charge in [0.1, 0.15) is 5.75 Å². The van der Waals surface area contributed by atoms with E-state index < -0.39 is 11.6 Å². The first-order valence-electron chi connectivity index (χ1n) is 9.00. The van der Waals surface area contributed by atoms with Gasteiger partial charge in [0, 0.05) is 32.5 Å². The number of benzene rings is 2. The van der Waals surface area contributed by atoms with Crippen LogP contribution < -0.4 is 4.74 Å². The first kappa shape index (κ1) is 18.2. The Kier molecular flexibility index (Phi) is 5.74. The highest BCUT2D eigenvalue weighted by atomic mass is 16.5. The molecule has 0 aromatic heterocycles. The monoisotopic (exact) mass is 351 g/mol. The van der Waals surface area contributed by atoms with Crippen molar-refractivity contribution in [2.75, 3.05) is 19.6 Å². The van der Waals surface area contributed by atoms with Gasteiger partial charge >= 0.3 is 5.97 Å². The number of likely N-dealkylation sites (tertiary alicyclic amines) is 1. The van der Waals surface area contributed by atoms with Crippen LogP contribution in [0.3, 0.4) is 0 Å². The first-order valence-corrected chi connectivity index (χ1v) is 9.00. The quantitative estimate of drug-likeness (QED) is 0.854. The summed E-state index contributed by atoms with van der Waals surface area (Å²) in [7, 11) is 0. The average Bonchev–Trinajstić information content (AvgIpc) is 2.64. The van der Waals surface area contributed by atoms with E-state index in [4.69, 9.17) is 4.74 Å².